The molecular weight excluding hydrogens is 312 g/mol. The van der Waals surface area contributed by atoms with Gasteiger partial charge in [0.25, 0.3) is 0 Å². The van der Waals surface area contributed by atoms with Gasteiger partial charge in [-0.1, -0.05) is 17.7 Å². The van der Waals surface area contributed by atoms with E-state index in [1.165, 1.54) is 0 Å². The topological polar surface area (TPSA) is 86.2 Å². The predicted octanol–water partition coefficient (Wildman–Crippen LogP) is 2.68. The lowest BCUT2D eigenvalue weighted by Gasteiger charge is -2.32. The zero-order valence-corrected chi connectivity index (χ0v) is 13.5. The van der Waals surface area contributed by atoms with Gasteiger partial charge in [0.1, 0.15) is 17.5 Å². The zero-order valence-electron chi connectivity index (χ0n) is 12.7. The minimum atomic E-state index is -0.999. The van der Waals surface area contributed by atoms with Crippen LogP contribution in [0.15, 0.2) is 36.5 Å². The number of anilines is 2. The van der Waals surface area contributed by atoms with E-state index in [1.807, 2.05) is 19.1 Å². The van der Waals surface area contributed by atoms with Crippen LogP contribution < -0.4 is 10.6 Å². The van der Waals surface area contributed by atoms with E-state index < -0.39 is 5.60 Å². The fourth-order valence-electron chi connectivity index (χ4n) is 3.12. The summed E-state index contributed by atoms with van der Waals surface area (Å²) in [4.78, 5) is 6.17. The van der Waals surface area contributed by atoms with E-state index in [0.29, 0.717) is 29.4 Å². The number of hydrogen-bond donors (Lipinski definition) is 2. The molecule has 0 spiro atoms. The van der Waals surface area contributed by atoms with Gasteiger partial charge < -0.3 is 15.7 Å². The summed E-state index contributed by atoms with van der Waals surface area (Å²) in [6.07, 6.45) is 2.21. The Hall–Kier alpha value is -2.29. The van der Waals surface area contributed by atoms with Crippen LogP contribution in [0.2, 0.25) is 5.02 Å². The smallest absolute Gasteiger partial charge is 0.123 e. The second-order valence-corrected chi connectivity index (χ2v) is 6.20. The van der Waals surface area contributed by atoms with Crippen LogP contribution in [0.4, 0.5) is 11.5 Å². The summed E-state index contributed by atoms with van der Waals surface area (Å²) in [5, 5.41) is 20.5. The number of nitrogens with two attached hydrogens (primary N) is 1. The highest BCUT2D eigenvalue weighted by atomic mass is 35.5. The van der Waals surface area contributed by atoms with Gasteiger partial charge in [0, 0.05) is 24.0 Å². The second kappa shape index (κ2) is 5.73. The maximum Gasteiger partial charge on any atom is 0.123 e. The molecule has 1 aromatic heterocycles. The molecule has 0 amide bonds. The van der Waals surface area contributed by atoms with E-state index in [0.717, 1.165) is 11.3 Å². The molecule has 1 aromatic carbocycles. The number of aromatic nitrogens is 1. The third-order valence-electron chi connectivity index (χ3n) is 4.58. The maximum absolute atomic E-state index is 11.1. The van der Waals surface area contributed by atoms with Crippen molar-refractivity contribution in [3.8, 4) is 6.07 Å². The number of nitrogen functional groups attached to an aromatic ring is 1. The van der Waals surface area contributed by atoms with Crippen LogP contribution in [0, 0.1) is 11.3 Å². The molecule has 2 aromatic rings. The van der Waals surface area contributed by atoms with Gasteiger partial charge in [-0.25, -0.2) is 4.98 Å². The minimum absolute atomic E-state index is 0.156. The summed E-state index contributed by atoms with van der Waals surface area (Å²) in [5.41, 5.74) is 6.71. The standard InChI is InChI=1S/C17H17ClN4O/c1-11-17(23,13-3-5-16(20)21-10-13)6-7-22(11)14-4-2-12(9-19)15(18)8-14/h2-5,8,10-11,23H,6-7H2,1H3,(H2,20,21)/t11-,17-/m0/s1. The highest BCUT2D eigenvalue weighted by Crippen LogP contribution is 2.40. The first kappa shape index (κ1) is 15.6. The lowest BCUT2D eigenvalue weighted by Crippen LogP contribution is -2.40. The molecule has 0 saturated carbocycles. The van der Waals surface area contributed by atoms with Gasteiger partial charge in [0.2, 0.25) is 0 Å². The molecule has 118 valence electrons. The third kappa shape index (κ3) is 2.61. The molecule has 6 heteroatoms. The van der Waals surface area contributed by atoms with Crippen molar-refractivity contribution >= 4 is 23.1 Å². The van der Waals surface area contributed by atoms with E-state index in [1.54, 1.807) is 24.4 Å². The molecule has 1 aliphatic heterocycles. The molecule has 3 rings (SSSR count). The maximum atomic E-state index is 11.1. The molecule has 5 nitrogen and oxygen atoms in total. The van der Waals surface area contributed by atoms with Crippen LogP contribution >= 0.6 is 11.6 Å². The van der Waals surface area contributed by atoms with Crippen LogP contribution in [0.25, 0.3) is 0 Å². The number of hydrogen-bond acceptors (Lipinski definition) is 5. The number of nitriles is 1. The number of pyridine rings is 1. The van der Waals surface area contributed by atoms with Gasteiger partial charge in [0.05, 0.1) is 16.6 Å². The highest BCUT2D eigenvalue weighted by molar-refractivity contribution is 6.32. The largest absolute Gasteiger partial charge is 0.384 e. The average molecular weight is 329 g/mol. The van der Waals surface area contributed by atoms with E-state index in [-0.39, 0.29) is 6.04 Å². The lowest BCUT2D eigenvalue weighted by atomic mass is 9.88. The molecule has 1 saturated heterocycles. The van der Waals surface area contributed by atoms with Gasteiger partial charge in [0.15, 0.2) is 0 Å². The van der Waals surface area contributed by atoms with Crippen molar-refractivity contribution in [2.45, 2.75) is 25.0 Å². The molecule has 0 aliphatic carbocycles. The molecular formula is C17H17ClN4O. The summed E-state index contributed by atoms with van der Waals surface area (Å²) in [5.74, 6) is 0.429. The Morgan fingerprint density at radius 2 is 2.22 bits per heavy atom. The minimum Gasteiger partial charge on any atom is -0.384 e. The van der Waals surface area contributed by atoms with Gasteiger partial charge in [-0.2, -0.15) is 5.26 Å². The van der Waals surface area contributed by atoms with E-state index in [9.17, 15) is 5.11 Å². The summed E-state index contributed by atoms with van der Waals surface area (Å²) < 4.78 is 0. The van der Waals surface area contributed by atoms with Gasteiger partial charge in [-0.05, 0) is 37.6 Å². The van der Waals surface area contributed by atoms with Crippen molar-refractivity contribution in [1.29, 1.82) is 5.26 Å². The van der Waals surface area contributed by atoms with E-state index >= 15 is 0 Å². The molecule has 0 radical (unpaired) electrons. The van der Waals surface area contributed by atoms with Crippen molar-refractivity contribution in [3.63, 3.8) is 0 Å². The lowest BCUT2D eigenvalue weighted by molar-refractivity contribution is 0.0327. The number of benzene rings is 1. The molecule has 1 aliphatic rings. The number of halogens is 1. The van der Waals surface area contributed by atoms with Crippen molar-refractivity contribution in [2.75, 3.05) is 17.2 Å². The number of aliphatic hydroxyl groups is 1. The number of rotatable bonds is 2. The third-order valence-corrected chi connectivity index (χ3v) is 4.90. The Morgan fingerprint density at radius 3 is 2.83 bits per heavy atom. The van der Waals surface area contributed by atoms with Gasteiger partial charge >= 0.3 is 0 Å². The molecule has 1 fully saturated rings. The van der Waals surface area contributed by atoms with Gasteiger partial charge in [-0.3, -0.25) is 0 Å². The van der Waals surface area contributed by atoms with Crippen molar-refractivity contribution in [3.05, 3.63) is 52.7 Å². The van der Waals surface area contributed by atoms with E-state index in [4.69, 9.17) is 22.6 Å². The fraction of sp³-hybridized carbons (Fsp3) is 0.294. The fourth-order valence-corrected chi connectivity index (χ4v) is 3.34. The quantitative estimate of drug-likeness (QED) is 0.885. The van der Waals surface area contributed by atoms with Crippen LogP contribution in [0.3, 0.4) is 0 Å². The molecule has 3 N–H and O–H groups in total. The van der Waals surface area contributed by atoms with Crippen LogP contribution in [-0.2, 0) is 5.60 Å². The summed E-state index contributed by atoms with van der Waals surface area (Å²) in [6.45, 7) is 2.65. The first-order valence-electron chi connectivity index (χ1n) is 7.36. The summed E-state index contributed by atoms with van der Waals surface area (Å²) in [6, 6.07) is 10.7. The van der Waals surface area contributed by atoms with Gasteiger partial charge in [-0.15, -0.1) is 0 Å². The monoisotopic (exact) mass is 328 g/mol. The van der Waals surface area contributed by atoms with Crippen molar-refractivity contribution < 1.29 is 5.11 Å². The second-order valence-electron chi connectivity index (χ2n) is 5.79. The predicted molar refractivity (Wildman–Crippen MR) is 90.1 cm³/mol. The normalized spacial score (nSPS) is 23.7. The van der Waals surface area contributed by atoms with E-state index in [2.05, 4.69) is 16.0 Å². The Labute approximate surface area is 139 Å². The number of nitrogens with zero attached hydrogens (tertiary/aromatic N) is 3. The molecule has 0 bridgehead atoms. The van der Waals surface area contributed by atoms with Crippen molar-refractivity contribution in [1.82, 2.24) is 4.98 Å². The molecule has 23 heavy (non-hydrogen) atoms. The molecule has 0 unspecified atom stereocenters. The highest BCUT2D eigenvalue weighted by Gasteiger charge is 2.45. The Balaban J connectivity index is 1.92. The average Bonchev–Trinajstić information content (AvgIpc) is 2.85. The van der Waals surface area contributed by atoms with Crippen molar-refractivity contribution in [2.24, 2.45) is 0 Å². The first-order valence-corrected chi connectivity index (χ1v) is 7.74. The summed E-state index contributed by atoms with van der Waals surface area (Å²) in [7, 11) is 0. The molecule has 2 heterocycles. The van der Waals surface area contributed by atoms with Crippen LogP contribution in [0.5, 0.6) is 0 Å². The SMILES string of the molecule is C[C@@H]1N(c2ccc(C#N)c(Cl)c2)CC[C@@]1(O)c1ccc(N)nc1. The Morgan fingerprint density at radius 1 is 1.43 bits per heavy atom. The van der Waals surface area contributed by atoms with Crippen LogP contribution in [-0.4, -0.2) is 22.7 Å². The Bertz CT molecular complexity index is 771. The summed E-state index contributed by atoms with van der Waals surface area (Å²) >= 11 is 6.13. The first-order chi connectivity index (χ1) is 11.0. The van der Waals surface area contributed by atoms with Crippen LogP contribution in [0.1, 0.15) is 24.5 Å². The molecule has 2 atom stereocenters. The Kier molecular flexibility index (Phi) is 3.88. The zero-order chi connectivity index (χ0) is 16.6.